The van der Waals surface area contributed by atoms with Crippen LogP contribution in [0.5, 0.6) is 5.75 Å². The molecule has 0 aliphatic carbocycles. The highest BCUT2D eigenvalue weighted by atomic mass is 79.9. The van der Waals surface area contributed by atoms with Crippen LogP contribution in [-0.2, 0) is 6.61 Å². The van der Waals surface area contributed by atoms with E-state index in [1.165, 1.54) is 0 Å². The Kier molecular flexibility index (Phi) is 3.29. The molecule has 0 radical (unpaired) electrons. The van der Waals surface area contributed by atoms with Crippen LogP contribution in [0.25, 0.3) is 0 Å². The maximum absolute atomic E-state index is 5.65. The molecule has 0 N–H and O–H groups in total. The first-order chi connectivity index (χ1) is 7.65. The molecule has 1 aromatic heterocycles. The molecule has 1 aromatic carbocycles. The molecule has 0 unspecified atom stereocenters. The maximum atomic E-state index is 5.65. The van der Waals surface area contributed by atoms with Crippen LogP contribution in [0, 0.1) is 13.8 Å². The van der Waals surface area contributed by atoms with Gasteiger partial charge >= 0.3 is 0 Å². The second-order valence-corrected chi connectivity index (χ2v) is 4.55. The fourth-order valence-electron chi connectivity index (χ4n) is 1.36. The maximum Gasteiger partial charge on any atom is 0.174 e. The summed E-state index contributed by atoms with van der Waals surface area (Å²) in [5.41, 5.74) is 1.96. The standard InChI is InChI=1S/C12H12BrNO2/c1-8-3-4-10(13)6-12(8)15-7-11-5-9(2)14-16-11/h3-6H,7H2,1-2H3. The van der Waals surface area contributed by atoms with Gasteiger partial charge in [-0.05, 0) is 31.5 Å². The Morgan fingerprint density at radius 1 is 1.31 bits per heavy atom. The van der Waals surface area contributed by atoms with E-state index in [1.807, 2.05) is 38.1 Å². The van der Waals surface area contributed by atoms with Crippen molar-refractivity contribution < 1.29 is 9.26 Å². The Morgan fingerprint density at radius 3 is 2.81 bits per heavy atom. The number of aromatic nitrogens is 1. The van der Waals surface area contributed by atoms with E-state index < -0.39 is 0 Å². The number of hydrogen-bond donors (Lipinski definition) is 0. The number of benzene rings is 1. The molecule has 0 aliphatic rings. The van der Waals surface area contributed by atoms with E-state index in [9.17, 15) is 0 Å². The van der Waals surface area contributed by atoms with Crippen LogP contribution in [-0.4, -0.2) is 5.16 Å². The highest BCUT2D eigenvalue weighted by Crippen LogP contribution is 2.23. The van der Waals surface area contributed by atoms with E-state index in [0.29, 0.717) is 6.61 Å². The minimum absolute atomic E-state index is 0.401. The fourth-order valence-corrected chi connectivity index (χ4v) is 1.70. The van der Waals surface area contributed by atoms with E-state index in [2.05, 4.69) is 21.1 Å². The molecule has 4 heteroatoms. The molecule has 1 heterocycles. The lowest BCUT2D eigenvalue weighted by Crippen LogP contribution is -1.95. The summed E-state index contributed by atoms with van der Waals surface area (Å²) in [4.78, 5) is 0. The van der Waals surface area contributed by atoms with Crippen LogP contribution in [0.15, 0.2) is 33.3 Å². The van der Waals surface area contributed by atoms with Crippen molar-refractivity contribution in [3.05, 3.63) is 45.8 Å². The average Bonchev–Trinajstić information content (AvgIpc) is 2.66. The number of halogens is 1. The fraction of sp³-hybridized carbons (Fsp3) is 0.250. The number of ether oxygens (including phenoxy) is 1. The molecule has 2 rings (SSSR count). The lowest BCUT2D eigenvalue weighted by atomic mass is 10.2. The van der Waals surface area contributed by atoms with Crippen molar-refractivity contribution >= 4 is 15.9 Å². The summed E-state index contributed by atoms with van der Waals surface area (Å²) in [7, 11) is 0. The molecule has 0 spiro atoms. The van der Waals surface area contributed by atoms with Crippen molar-refractivity contribution in [1.82, 2.24) is 5.16 Å². The molecule has 0 atom stereocenters. The summed E-state index contributed by atoms with van der Waals surface area (Å²) >= 11 is 3.41. The first-order valence-electron chi connectivity index (χ1n) is 4.96. The number of aryl methyl sites for hydroxylation is 2. The molecule has 0 amide bonds. The Morgan fingerprint density at radius 2 is 2.12 bits per heavy atom. The topological polar surface area (TPSA) is 35.3 Å². The van der Waals surface area contributed by atoms with Crippen LogP contribution >= 0.6 is 15.9 Å². The van der Waals surface area contributed by atoms with Gasteiger partial charge in [-0.2, -0.15) is 0 Å². The second kappa shape index (κ2) is 4.70. The molecule has 0 saturated carbocycles. The Bertz CT molecular complexity index is 494. The highest BCUT2D eigenvalue weighted by molar-refractivity contribution is 9.10. The third kappa shape index (κ3) is 2.64. The van der Waals surface area contributed by atoms with Crippen LogP contribution in [0.1, 0.15) is 17.0 Å². The van der Waals surface area contributed by atoms with Gasteiger partial charge in [-0.25, -0.2) is 0 Å². The minimum Gasteiger partial charge on any atom is -0.485 e. The molecule has 0 saturated heterocycles. The lowest BCUT2D eigenvalue weighted by molar-refractivity contribution is 0.247. The first-order valence-corrected chi connectivity index (χ1v) is 5.75. The quantitative estimate of drug-likeness (QED) is 0.862. The van der Waals surface area contributed by atoms with E-state index >= 15 is 0 Å². The van der Waals surface area contributed by atoms with Gasteiger partial charge in [-0.3, -0.25) is 0 Å². The SMILES string of the molecule is Cc1cc(COc2cc(Br)ccc2C)on1. The molecule has 0 aliphatic heterocycles. The van der Waals surface area contributed by atoms with Gasteiger partial charge < -0.3 is 9.26 Å². The van der Waals surface area contributed by atoms with Crippen molar-refractivity contribution in [2.75, 3.05) is 0 Å². The summed E-state index contributed by atoms with van der Waals surface area (Å²) in [5.74, 6) is 1.58. The van der Waals surface area contributed by atoms with Crippen molar-refractivity contribution in [3.63, 3.8) is 0 Å². The Hall–Kier alpha value is -1.29. The van der Waals surface area contributed by atoms with E-state index in [4.69, 9.17) is 9.26 Å². The second-order valence-electron chi connectivity index (χ2n) is 3.63. The van der Waals surface area contributed by atoms with E-state index in [0.717, 1.165) is 27.2 Å². The van der Waals surface area contributed by atoms with Gasteiger partial charge in [0.2, 0.25) is 0 Å². The molecule has 0 fully saturated rings. The number of rotatable bonds is 3. The number of nitrogens with zero attached hydrogens (tertiary/aromatic N) is 1. The summed E-state index contributed by atoms with van der Waals surface area (Å²) in [5, 5.41) is 3.80. The zero-order chi connectivity index (χ0) is 11.5. The third-order valence-electron chi connectivity index (χ3n) is 2.20. The van der Waals surface area contributed by atoms with E-state index in [1.54, 1.807) is 0 Å². The summed E-state index contributed by atoms with van der Waals surface area (Å²) < 4.78 is 11.7. The first kappa shape index (κ1) is 11.2. The molecular weight excluding hydrogens is 270 g/mol. The van der Waals surface area contributed by atoms with E-state index in [-0.39, 0.29) is 0 Å². The van der Waals surface area contributed by atoms with Gasteiger partial charge in [0.25, 0.3) is 0 Å². The number of hydrogen-bond acceptors (Lipinski definition) is 3. The largest absolute Gasteiger partial charge is 0.485 e. The van der Waals surface area contributed by atoms with Crippen molar-refractivity contribution in [2.45, 2.75) is 20.5 Å². The highest BCUT2D eigenvalue weighted by Gasteiger charge is 2.04. The lowest BCUT2D eigenvalue weighted by Gasteiger charge is -2.07. The van der Waals surface area contributed by atoms with Crippen molar-refractivity contribution in [3.8, 4) is 5.75 Å². The van der Waals surface area contributed by atoms with Crippen molar-refractivity contribution in [1.29, 1.82) is 0 Å². The van der Waals surface area contributed by atoms with Crippen LogP contribution in [0.4, 0.5) is 0 Å². The molecule has 16 heavy (non-hydrogen) atoms. The Labute approximate surface area is 103 Å². The minimum atomic E-state index is 0.401. The summed E-state index contributed by atoms with van der Waals surface area (Å²) in [6, 6.07) is 7.80. The van der Waals surface area contributed by atoms with Gasteiger partial charge in [-0.15, -0.1) is 0 Å². The molecular formula is C12H12BrNO2. The molecule has 0 bridgehead atoms. The summed E-state index contributed by atoms with van der Waals surface area (Å²) in [6.07, 6.45) is 0. The van der Waals surface area contributed by atoms with Crippen LogP contribution in [0.2, 0.25) is 0 Å². The average molecular weight is 282 g/mol. The predicted molar refractivity (Wildman–Crippen MR) is 64.5 cm³/mol. The monoisotopic (exact) mass is 281 g/mol. The van der Waals surface area contributed by atoms with Crippen LogP contribution in [0.3, 0.4) is 0 Å². The normalized spacial score (nSPS) is 10.4. The van der Waals surface area contributed by atoms with Gasteiger partial charge in [-0.1, -0.05) is 27.2 Å². The summed E-state index contributed by atoms with van der Waals surface area (Å²) in [6.45, 7) is 4.29. The van der Waals surface area contributed by atoms with Gasteiger partial charge in [0, 0.05) is 10.5 Å². The van der Waals surface area contributed by atoms with Gasteiger partial charge in [0.05, 0.1) is 5.69 Å². The van der Waals surface area contributed by atoms with Crippen LogP contribution < -0.4 is 4.74 Å². The zero-order valence-electron chi connectivity index (χ0n) is 9.16. The smallest absolute Gasteiger partial charge is 0.174 e. The molecule has 84 valence electrons. The molecule has 3 nitrogen and oxygen atoms in total. The zero-order valence-corrected chi connectivity index (χ0v) is 10.7. The molecule has 2 aromatic rings. The predicted octanol–water partition coefficient (Wildman–Crippen LogP) is 3.63. The van der Waals surface area contributed by atoms with Crippen molar-refractivity contribution in [2.24, 2.45) is 0 Å². The van der Waals surface area contributed by atoms with Gasteiger partial charge in [0.1, 0.15) is 12.4 Å². The third-order valence-corrected chi connectivity index (χ3v) is 2.69. The van der Waals surface area contributed by atoms with Gasteiger partial charge in [0.15, 0.2) is 5.76 Å². The Balaban J connectivity index is 2.07.